The fourth-order valence-corrected chi connectivity index (χ4v) is 1.80. The van der Waals surface area contributed by atoms with Crippen molar-refractivity contribution in [3.8, 4) is 0 Å². The van der Waals surface area contributed by atoms with Crippen LogP contribution in [0.25, 0.3) is 21.3 Å². The Morgan fingerprint density at radius 1 is 0.773 bits per heavy atom. The monoisotopic (exact) mass is 358 g/mol. The van der Waals surface area contributed by atoms with Gasteiger partial charge in [-0.15, -0.1) is 6.10 Å². The fraction of sp³-hybridized carbons (Fsp3) is 1.00. The average Bonchev–Trinajstić information content (AvgIpc) is 2.41. The molecule has 1 rings (SSSR count). The smallest absolute Gasteiger partial charge is 0.852 e. The maximum absolute atomic E-state index is 10.2. The molecule has 7 heteroatoms. The second-order valence-corrected chi connectivity index (χ2v) is 5.29. The first-order chi connectivity index (χ1) is 10.1. The Morgan fingerprint density at radius 2 is 1.09 bits per heavy atom. The Morgan fingerprint density at radius 3 is 1.27 bits per heavy atom. The molecule has 2 unspecified atom stereocenters. The molecule has 0 aromatic carbocycles. The van der Waals surface area contributed by atoms with Gasteiger partial charge in [-0.1, -0.05) is 19.8 Å². The molecule has 22 heavy (non-hydrogen) atoms. The Hall–Kier alpha value is 0.266. The number of aliphatic hydroxyl groups is 1. The van der Waals surface area contributed by atoms with Gasteiger partial charge in [-0.2, -0.15) is 52.4 Å². The van der Waals surface area contributed by atoms with Gasteiger partial charge in [0.2, 0.25) is 0 Å². The number of hydrogen-bond donors (Lipinski definition) is 1. The van der Waals surface area contributed by atoms with Crippen molar-refractivity contribution in [2.24, 2.45) is 0 Å². The van der Waals surface area contributed by atoms with Gasteiger partial charge >= 0.3 is 16.8 Å². The predicted molar refractivity (Wildman–Crippen MR) is 87.4 cm³/mol. The van der Waals surface area contributed by atoms with Gasteiger partial charge in [0, 0.05) is 0 Å². The molecule has 1 aliphatic rings. The van der Waals surface area contributed by atoms with Crippen LogP contribution in [0.2, 0.25) is 0 Å². The summed E-state index contributed by atoms with van der Waals surface area (Å²) in [6.07, 6.45) is 1.47. The van der Waals surface area contributed by atoms with Crippen LogP contribution < -0.4 is 5.11 Å². The van der Waals surface area contributed by atoms with Crippen molar-refractivity contribution < 1.29 is 27.0 Å². The average molecular weight is 358 g/mol. The predicted octanol–water partition coefficient (Wildman–Crippen LogP) is 1.78. The summed E-state index contributed by atoms with van der Waals surface area (Å²) in [5.74, 6) is 0. The summed E-state index contributed by atoms with van der Waals surface area (Å²) in [7, 11) is 0. The van der Waals surface area contributed by atoms with Crippen LogP contribution in [0.1, 0.15) is 33.1 Å². The summed E-state index contributed by atoms with van der Waals surface area (Å²) < 4.78 is 0. The van der Waals surface area contributed by atoms with Gasteiger partial charge in [0.05, 0.1) is 6.10 Å². The van der Waals surface area contributed by atoms with Crippen LogP contribution in [0.15, 0.2) is 0 Å². The fourth-order valence-electron chi connectivity index (χ4n) is 1.80. The molecule has 1 fully saturated rings. The van der Waals surface area contributed by atoms with Crippen molar-refractivity contribution in [1.82, 2.24) is 0 Å². The standard InChI is InChI=1S/C10H20N4.C5H11O2.Co/c1-3-11-7-9-13-5-2-6-14-10-8-12-4-1;1-4(6)3-5(2)7;/h1-10H2;4-6H,3H2,1-2H3;/q-4;-1;+3. The van der Waals surface area contributed by atoms with Gasteiger partial charge in [0.15, 0.2) is 0 Å². The molecule has 1 heterocycles. The minimum atomic E-state index is -0.625. The van der Waals surface area contributed by atoms with Crippen molar-refractivity contribution in [2.75, 3.05) is 52.4 Å². The zero-order valence-corrected chi connectivity index (χ0v) is 15.0. The van der Waals surface area contributed by atoms with Crippen LogP contribution in [0.4, 0.5) is 0 Å². The number of rotatable bonds is 2. The Labute approximate surface area is 146 Å². The molecule has 0 amide bonds. The van der Waals surface area contributed by atoms with E-state index >= 15 is 0 Å². The first-order valence-corrected chi connectivity index (χ1v) is 7.99. The molecule has 0 spiro atoms. The quantitative estimate of drug-likeness (QED) is 0.814. The van der Waals surface area contributed by atoms with E-state index in [0.717, 1.165) is 65.2 Å². The molecule has 0 aromatic heterocycles. The molecular formula is C15H31CoN4O2-2. The molecule has 1 N–H and O–H groups in total. The van der Waals surface area contributed by atoms with E-state index in [1.807, 2.05) is 0 Å². The molecule has 0 aliphatic carbocycles. The summed E-state index contributed by atoms with van der Waals surface area (Å²) >= 11 is 0. The second kappa shape index (κ2) is 19.3. The molecule has 0 radical (unpaired) electrons. The van der Waals surface area contributed by atoms with Gasteiger partial charge in [0.1, 0.15) is 0 Å². The van der Waals surface area contributed by atoms with Gasteiger partial charge in [-0.3, -0.25) is 0 Å². The molecular weight excluding hydrogens is 327 g/mol. The van der Waals surface area contributed by atoms with Crippen molar-refractivity contribution in [2.45, 2.75) is 45.3 Å². The van der Waals surface area contributed by atoms with Crippen molar-refractivity contribution in [3.05, 3.63) is 21.3 Å². The van der Waals surface area contributed by atoms with E-state index in [1.165, 1.54) is 0 Å². The topological polar surface area (TPSA) is 99.7 Å². The molecule has 1 aliphatic heterocycles. The molecule has 6 nitrogen and oxygen atoms in total. The van der Waals surface area contributed by atoms with Crippen molar-refractivity contribution in [1.29, 1.82) is 0 Å². The maximum Gasteiger partial charge on any atom is 3.00 e. The zero-order valence-electron chi connectivity index (χ0n) is 13.9. The summed E-state index contributed by atoms with van der Waals surface area (Å²) in [5, 5.41) is 36.2. The summed E-state index contributed by atoms with van der Waals surface area (Å²) in [4.78, 5) is 0. The zero-order chi connectivity index (χ0) is 15.8. The molecule has 134 valence electrons. The van der Waals surface area contributed by atoms with Crippen LogP contribution in [0, 0.1) is 0 Å². The Kier molecular flexibility index (Phi) is 21.5. The summed E-state index contributed by atoms with van der Waals surface area (Å²) in [6.45, 7) is 10.5. The van der Waals surface area contributed by atoms with Crippen LogP contribution in [0.5, 0.6) is 0 Å². The minimum Gasteiger partial charge on any atom is -0.852 e. The van der Waals surface area contributed by atoms with Crippen molar-refractivity contribution >= 4 is 0 Å². The largest absolute Gasteiger partial charge is 3.00 e. The van der Waals surface area contributed by atoms with Gasteiger partial charge in [-0.05, 0) is 13.3 Å². The molecule has 0 saturated carbocycles. The molecule has 2 atom stereocenters. The summed E-state index contributed by atoms with van der Waals surface area (Å²) in [5.41, 5.74) is 0. The third-order valence-electron chi connectivity index (χ3n) is 2.77. The first kappa shape index (κ1) is 24.5. The van der Waals surface area contributed by atoms with E-state index < -0.39 is 12.2 Å². The SMILES string of the molecule is C1C[N-]CC[N-]CCC[N-]CC[N-]C1.CC([O-])CC(C)O.[Co+3]. The third kappa shape index (κ3) is 22.5. The number of nitrogens with zero attached hydrogens (tertiary/aromatic N) is 4. The van der Waals surface area contributed by atoms with Gasteiger partial charge < -0.3 is 31.5 Å². The first-order valence-electron chi connectivity index (χ1n) is 7.99. The van der Waals surface area contributed by atoms with Crippen LogP contribution >= 0.6 is 0 Å². The van der Waals surface area contributed by atoms with Crippen LogP contribution in [-0.4, -0.2) is 69.7 Å². The number of hydrogen-bond acceptors (Lipinski definition) is 2. The van der Waals surface area contributed by atoms with Crippen molar-refractivity contribution in [3.63, 3.8) is 0 Å². The minimum absolute atomic E-state index is 0. The molecule has 0 aromatic rings. The van der Waals surface area contributed by atoms with E-state index in [9.17, 15) is 5.11 Å². The molecule has 1 saturated heterocycles. The number of aliphatic hydroxyl groups excluding tert-OH is 1. The summed E-state index contributed by atoms with van der Waals surface area (Å²) in [6, 6.07) is 0. The van der Waals surface area contributed by atoms with E-state index in [0.29, 0.717) is 6.42 Å². The van der Waals surface area contributed by atoms with Crippen LogP contribution in [0.3, 0.4) is 0 Å². The van der Waals surface area contributed by atoms with E-state index in [4.69, 9.17) is 5.11 Å². The normalized spacial score (nSPS) is 21.3. The van der Waals surface area contributed by atoms with Gasteiger partial charge in [-0.25, -0.2) is 0 Å². The Bertz CT molecular complexity index is 151. The van der Waals surface area contributed by atoms with E-state index in [2.05, 4.69) is 21.3 Å². The van der Waals surface area contributed by atoms with Gasteiger partial charge in [0.25, 0.3) is 0 Å². The Balaban J connectivity index is 0. The van der Waals surface area contributed by atoms with Crippen LogP contribution in [-0.2, 0) is 16.8 Å². The van der Waals surface area contributed by atoms with E-state index in [1.54, 1.807) is 13.8 Å². The van der Waals surface area contributed by atoms with E-state index in [-0.39, 0.29) is 16.8 Å². The molecule has 0 bridgehead atoms. The second-order valence-electron chi connectivity index (χ2n) is 5.29. The maximum atomic E-state index is 10.2. The third-order valence-corrected chi connectivity index (χ3v) is 2.77.